The first-order chi connectivity index (χ1) is 13.8. The lowest BCUT2D eigenvalue weighted by Crippen LogP contribution is -2.42. The Morgan fingerprint density at radius 3 is 2.34 bits per heavy atom. The molecular formula is C21H21Cl2NO5. The quantitative estimate of drug-likeness (QED) is 0.631. The minimum absolute atomic E-state index is 0.183. The van der Waals surface area contributed by atoms with E-state index in [9.17, 15) is 14.7 Å². The van der Waals surface area contributed by atoms with E-state index >= 15 is 0 Å². The van der Waals surface area contributed by atoms with Crippen molar-refractivity contribution in [2.45, 2.75) is 25.4 Å². The van der Waals surface area contributed by atoms with Crippen LogP contribution in [-0.4, -0.2) is 37.1 Å². The molecule has 0 spiro atoms. The number of hydrogen-bond acceptors (Lipinski definition) is 5. The normalized spacial score (nSPS) is 18.0. The highest BCUT2D eigenvalue weighted by Crippen LogP contribution is 2.49. The minimum atomic E-state index is -2.01. The van der Waals surface area contributed by atoms with Gasteiger partial charge in [0, 0.05) is 23.6 Å². The molecule has 0 saturated heterocycles. The van der Waals surface area contributed by atoms with E-state index in [0.717, 1.165) is 5.75 Å². The zero-order valence-electron chi connectivity index (χ0n) is 16.1. The second-order valence-electron chi connectivity index (χ2n) is 6.83. The van der Waals surface area contributed by atoms with Gasteiger partial charge in [0.05, 0.1) is 24.4 Å². The van der Waals surface area contributed by atoms with Gasteiger partial charge in [-0.1, -0.05) is 23.2 Å². The number of nitrogens with zero attached hydrogens (tertiary/aromatic N) is 1. The van der Waals surface area contributed by atoms with Crippen LogP contribution in [0, 0.1) is 0 Å². The standard InChI is InChI=1S/C21H21Cl2NO5/c1-13(25)12-21(27)18-16(22)8-9-17(23)19(18)24(20(21)26)10-3-11-29-15-6-4-14(28-2)5-7-15/h4-9,27H,3,10-12H2,1-2H3. The van der Waals surface area contributed by atoms with Crippen molar-refractivity contribution in [1.82, 2.24) is 0 Å². The molecule has 0 bridgehead atoms. The SMILES string of the molecule is COc1ccc(OCCCN2C(=O)C(O)(CC(C)=O)c3c(Cl)ccc(Cl)c32)cc1. The molecule has 1 N–H and O–H groups in total. The van der Waals surface area contributed by atoms with Crippen molar-refractivity contribution < 1.29 is 24.2 Å². The van der Waals surface area contributed by atoms with Gasteiger partial charge < -0.3 is 19.5 Å². The van der Waals surface area contributed by atoms with Gasteiger partial charge in [-0.05, 0) is 49.7 Å². The minimum Gasteiger partial charge on any atom is -0.497 e. The van der Waals surface area contributed by atoms with Crippen molar-refractivity contribution in [2.75, 3.05) is 25.2 Å². The highest BCUT2D eigenvalue weighted by molar-refractivity contribution is 6.38. The van der Waals surface area contributed by atoms with Crippen LogP contribution in [0.5, 0.6) is 11.5 Å². The number of aliphatic hydroxyl groups is 1. The van der Waals surface area contributed by atoms with Gasteiger partial charge in [-0.3, -0.25) is 9.59 Å². The molecule has 1 aliphatic rings. The summed E-state index contributed by atoms with van der Waals surface area (Å²) in [4.78, 5) is 26.1. The number of ketones is 1. The summed E-state index contributed by atoms with van der Waals surface area (Å²) in [5, 5.41) is 11.5. The van der Waals surface area contributed by atoms with Crippen LogP contribution in [0.2, 0.25) is 10.0 Å². The van der Waals surface area contributed by atoms with Crippen molar-refractivity contribution in [3.8, 4) is 11.5 Å². The van der Waals surface area contributed by atoms with Gasteiger partial charge in [0.1, 0.15) is 17.3 Å². The summed E-state index contributed by atoms with van der Waals surface area (Å²) in [6.07, 6.45) is 0.119. The monoisotopic (exact) mass is 437 g/mol. The number of amides is 1. The first kappa shape index (κ1) is 21.4. The number of Topliss-reactive ketones (excluding diaryl/α,β-unsaturated/α-hetero) is 1. The molecule has 2 aromatic rings. The molecule has 6 nitrogen and oxygen atoms in total. The Morgan fingerprint density at radius 1 is 1.10 bits per heavy atom. The first-order valence-electron chi connectivity index (χ1n) is 9.07. The molecule has 3 rings (SSSR count). The second-order valence-corrected chi connectivity index (χ2v) is 7.64. The third-order valence-electron chi connectivity index (χ3n) is 4.72. The average molecular weight is 438 g/mol. The van der Waals surface area contributed by atoms with Crippen molar-refractivity contribution >= 4 is 40.6 Å². The maximum Gasteiger partial charge on any atom is 0.264 e. The van der Waals surface area contributed by atoms with E-state index < -0.39 is 11.5 Å². The van der Waals surface area contributed by atoms with Gasteiger partial charge in [-0.2, -0.15) is 0 Å². The van der Waals surface area contributed by atoms with Crippen LogP contribution in [0.25, 0.3) is 0 Å². The van der Waals surface area contributed by atoms with Crippen LogP contribution in [0.15, 0.2) is 36.4 Å². The molecule has 29 heavy (non-hydrogen) atoms. The van der Waals surface area contributed by atoms with Crippen molar-refractivity contribution in [3.05, 3.63) is 52.0 Å². The maximum atomic E-state index is 13.0. The maximum absolute atomic E-state index is 13.0. The molecule has 0 aromatic heterocycles. The summed E-state index contributed by atoms with van der Waals surface area (Å²) >= 11 is 12.6. The Bertz CT molecular complexity index is 931. The number of halogens is 2. The van der Waals surface area contributed by atoms with E-state index in [1.54, 1.807) is 37.4 Å². The van der Waals surface area contributed by atoms with Crippen molar-refractivity contribution in [1.29, 1.82) is 0 Å². The summed E-state index contributed by atoms with van der Waals surface area (Å²) in [5.74, 6) is 0.468. The van der Waals surface area contributed by atoms with E-state index in [4.69, 9.17) is 32.7 Å². The lowest BCUT2D eigenvalue weighted by atomic mass is 9.90. The summed E-state index contributed by atoms with van der Waals surface area (Å²) in [7, 11) is 1.59. The average Bonchev–Trinajstić information content (AvgIpc) is 2.90. The fourth-order valence-electron chi connectivity index (χ4n) is 3.45. The number of carbonyl (C=O) groups is 2. The zero-order valence-corrected chi connectivity index (χ0v) is 17.6. The number of fused-ring (bicyclic) bond motifs is 1. The third kappa shape index (κ3) is 4.20. The Hall–Kier alpha value is -2.28. The summed E-state index contributed by atoms with van der Waals surface area (Å²) in [6, 6.07) is 10.2. The van der Waals surface area contributed by atoms with E-state index in [0.29, 0.717) is 24.5 Å². The molecule has 0 radical (unpaired) electrons. The van der Waals surface area contributed by atoms with E-state index in [2.05, 4.69) is 0 Å². The van der Waals surface area contributed by atoms with Crippen LogP contribution in [-0.2, 0) is 15.2 Å². The number of hydrogen-bond donors (Lipinski definition) is 1. The Labute approximate surface area is 178 Å². The van der Waals surface area contributed by atoms with Crippen LogP contribution in [0.1, 0.15) is 25.3 Å². The highest BCUT2D eigenvalue weighted by Gasteiger charge is 2.52. The van der Waals surface area contributed by atoms with E-state index in [1.165, 1.54) is 17.9 Å². The van der Waals surface area contributed by atoms with Gasteiger partial charge in [0.15, 0.2) is 5.60 Å². The summed E-state index contributed by atoms with van der Waals surface area (Å²) in [5.41, 5.74) is -1.49. The van der Waals surface area contributed by atoms with Crippen LogP contribution < -0.4 is 14.4 Å². The first-order valence-corrected chi connectivity index (χ1v) is 9.82. The molecule has 1 unspecified atom stereocenters. The predicted molar refractivity (Wildman–Crippen MR) is 111 cm³/mol. The zero-order chi connectivity index (χ0) is 21.2. The third-order valence-corrected chi connectivity index (χ3v) is 5.34. The molecule has 154 valence electrons. The number of rotatable bonds is 8. The van der Waals surface area contributed by atoms with Gasteiger partial charge >= 0.3 is 0 Å². The lowest BCUT2D eigenvalue weighted by Gasteiger charge is -2.22. The van der Waals surface area contributed by atoms with Gasteiger partial charge in [0.25, 0.3) is 5.91 Å². The number of benzene rings is 2. The van der Waals surface area contributed by atoms with E-state index in [-0.39, 0.29) is 34.4 Å². The second kappa shape index (κ2) is 8.61. The van der Waals surface area contributed by atoms with Gasteiger partial charge in [-0.15, -0.1) is 0 Å². The molecule has 0 fully saturated rings. The van der Waals surface area contributed by atoms with Crippen LogP contribution >= 0.6 is 23.2 Å². The topological polar surface area (TPSA) is 76.1 Å². The smallest absolute Gasteiger partial charge is 0.264 e. The molecular weight excluding hydrogens is 417 g/mol. The van der Waals surface area contributed by atoms with Crippen molar-refractivity contribution in [3.63, 3.8) is 0 Å². The number of anilines is 1. The molecule has 1 aliphatic heterocycles. The van der Waals surface area contributed by atoms with Gasteiger partial charge in [-0.25, -0.2) is 0 Å². The Kier molecular flexibility index (Phi) is 6.36. The molecule has 0 saturated carbocycles. The predicted octanol–water partition coefficient (Wildman–Crippen LogP) is 3.98. The fraction of sp³-hybridized carbons (Fsp3) is 0.333. The van der Waals surface area contributed by atoms with Crippen LogP contribution in [0.3, 0.4) is 0 Å². The Morgan fingerprint density at radius 2 is 1.72 bits per heavy atom. The number of carbonyl (C=O) groups excluding carboxylic acids is 2. The van der Waals surface area contributed by atoms with Gasteiger partial charge in [0.2, 0.25) is 0 Å². The fourth-order valence-corrected chi connectivity index (χ4v) is 4.02. The molecule has 0 aliphatic carbocycles. The Balaban J connectivity index is 1.75. The summed E-state index contributed by atoms with van der Waals surface area (Å²) in [6.45, 7) is 1.91. The number of ether oxygens (including phenoxy) is 2. The van der Waals surface area contributed by atoms with Crippen LogP contribution in [0.4, 0.5) is 5.69 Å². The highest BCUT2D eigenvalue weighted by atomic mass is 35.5. The van der Waals surface area contributed by atoms with E-state index in [1.807, 2.05) is 0 Å². The lowest BCUT2D eigenvalue weighted by molar-refractivity contribution is -0.141. The number of methoxy groups -OCH3 is 1. The molecule has 8 heteroatoms. The summed E-state index contributed by atoms with van der Waals surface area (Å²) < 4.78 is 10.8. The molecule has 1 heterocycles. The molecule has 2 aromatic carbocycles. The largest absolute Gasteiger partial charge is 0.497 e. The molecule has 1 atom stereocenters. The molecule has 1 amide bonds. The van der Waals surface area contributed by atoms with Crippen molar-refractivity contribution in [2.24, 2.45) is 0 Å².